The van der Waals surface area contributed by atoms with Gasteiger partial charge < -0.3 is 24.4 Å². The zero-order valence-electron chi connectivity index (χ0n) is 17.7. The molecule has 28 heavy (non-hydrogen) atoms. The molecule has 2 rings (SSSR count). The van der Waals surface area contributed by atoms with Crippen LogP contribution in [0.2, 0.25) is 0 Å². The normalized spacial score (nSPS) is 19.5. The Hall–Kier alpha value is -2.44. The first-order valence-electron chi connectivity index (χ1n) is 9.95. The molecule has 2 unspecified atom stereocenters. The Bertz CT molecular complexity index is 678. The lowest BCUT2D eigenvalue weighted by molar-refractivity contribution is -0.145. The lowest BCUT2D eigenvalue weighted by Crippen LogP contribution is -2.41. The van der Waals surface area contributed by atoms with Crippen LogP contribution in [-0.4, -0.2) is 63.8 Å². The van der Waals surface area contributed by atoms with Crippen LogP contribution in [0.5, 0.6) is 11.5 Å². The van der Waals surface area contributed by atoms with Gasteiger partial charge in [0.1, 0.15) is 0 Å². The Morgan fingerprint density at radius 2 is 1.93 bits per heavy atom. The van der Waals surface area contributed by atoms with Crippen molar-refractivity contribution in [2.24, 2.45) is 16.8 Å². The van der Waals surface area contributed by atoms with Gasteiger partial charge in [0.25, 0.3) is 0 Å². The number of methoxy groups -OCH3 is 1. The van der Waals surface area contributed by atoms with Crippen LogP contribution in [0.1, 0.15) is 26.3 Å². The van der Waals surface area contributed by atoms with Crippen molar-refractivity contribution in [2.45, 2.75) is 27.2 Å². The molecule has 0 aromatic heterocycles. The summed E-state index contributed by atoms with van der Waals surface area (Å²) in [5.74, 6) is 2.35. The first-order chi connectivity index (χ1) is 13.5. The molecule has 1 aliphatic heterocycles. The van der Waals surface area contributed by atoms with E-state index < -0.39 is 0 Å². The van der Waals surface area contributed by atoms with Crippen molar-refractivity contribution in [3.8, 4) is 11.5 Å². The fourth-order valence-corrected chi connectivity index (χ4v) is 3.50. The molecule has 0 spiro atoms. The fourth-order valence-electron chi connectivity index (χ4n) is 3.50. The number of ether oxygens (including phenoxy) is 3. The van der Waals surface area contributed by atoms with E-state index in [1.807, 2.05) is 26.0 Å². The summed E-state index contributed by atoms with van der Waals surface area (Å²) in [5, 5.41) is 3.40. The number of nitrogens with zero attached hydrogens (tertiary/aromatic N) is 2. The molecule has 0 bridgehead atoms. The Labute approximate surface area is 168 Å². The average Bonchev–Trinajstić information content (AvgIpc) is 3.08. The molecule has 1 aromatic carbocycles. The molecule has 1 N–H and O–H groups in total. The van der Waals surface area contributed by atoms with E-state index in [0.29, 0.717) is 19.8 Å². The van der Waals surface area contributed by atoms with E-state index in [1.165, 1.54) is 7.11 Å². The Morgan fingerprint density at radius 3 is 2.57 bits per heavy atom. The molecule has 1 heterocycles. The second-order valence-electron chi connectivity index (χ2n) is 6.88. The fraction of sp³-hybridized carbons (Fsp3) is 0.619. The highest BCUT2D eigenvalue weighted by Crippen LogP contribution is 2.28. The van der Waals surface area contributed by atoms with Crippen LogP contribution >= 0.6 is 0 Å². The number of guanidine groups is 1. The first-order valence-corrected chi connectivity index (χ1v) is 9.95. The minimum atomic E-state index is -0.150. The minimum absolute atomic E-state index is 0.108. The van der Waals surface area contributed by atoms with Crippen LogP contribution in [0, 0.1) is 11.8 Å². The number of carbonyl (C=O) groups excluding carboxylic acids is 1. The van der Waals surface area contributed by atoms with Crippen molar-refractivity contribution in [3.05, 3.63) is 23.8 Å². The van der Waals surface area contributed by atoms with Gasteiger partial charge in [-0.3, -0.25) is 9.79 Å². The molecule has 156 valence electrons. The number of rotatable bonds is 8. The molecule has 0 saturated carbocycles. The van der Waals surface area contributed by atoms with Gasteiger partial charge in [0.2, 0.25) is 0 Å². The van der Waals surface area contributed by atoms with E-state index in [0.717, 1.165) is 42.5 Å². The summed E-state index contributed by atoms with van der Waals surface area (Å²) in [7, 11) is 3.21. The predicted octanol–water partition coefficient (Wildman–Crippen LogP) is 2.34. The third kappa shape index (κ3) is 5.53. The summed E-state index contributed by atoms with van der Waals surface area (Å²) in [4.78, 5) is 18.4. The van der Waals surface area contributed by atoms with Crippen molar-refractivity contribution in [1.29, 1.82) is 0 Å². The highest BCUT2D eigenvalue weighted by atomic mass is 16.5. The van der Waals surface area contributed by atoms with Crippen LogP contribution in [-0.2, 0) is 16.0 Å². The second-order valence-corrected chi connectivity index (χ2v) is 6.88. The predicted molar refractivity (Wildman–Crippen MR) is 110 cm³/mol. The van der Waals surface area contributed by atoms with Crippen LogP contribution < -0.4 is 14.8 Å². The number of likely N-dealkylation sites (tertiary alicyclic amines) is 1. The number of esters is 1. The van der Waals surface area contributed by atoms with Gasteiger partial charge in [0.15, 0.2) is 17.5 Å². The van der Waals surface area contributed by atoms with E-state index in [9.17, 15) is 4.79 Å². The van der Waals surface area contributed by atoms with Gasteiger partial charge in [0.05, 0.1) is 26.2 Å². The summed E-state index contributed by atoms with van der Waals surface area (Å²) >= 11 is 0. The number of hydrogen-bond acceptors (Lipinski definition) is 5. The second kappa shape index (κ2) is 10.8. The molecule has 1 aromatic rings. The maximum absolute atomic E-state index is 11.9. The van der Waals surface area contributed by atoms with Gasteiger partial charge in [-0.2, -0.15) is 0 Å². The number of hydrogen-bond donors (Lipinski definition) is 1. The molecule has 7 nitrogen and oxygen atoms in total. The molecule has 0 aliphatic carbocycles. The monoisotopic (exact) mass is 391 g/mol. The highest BCUT2D eigenvalue weighted by Gasteiger charge is 2.36. The molecule has 0 amide bonds. The van der Waals surface area contributed by atoms with E-state index in [2.05, 4.69) is 28.2 Å². The zero-order valence-corrected chi connectivity index (χ0v) is 17.7. The van der Waals surface area contributed by atoms with Gasteiger partial charge >= 0.3 is 5.97 Å². The van der Waals surface area contributed by atoms with Crippen LogP contribution in [0.25, 0.3) is 0 Å². The lowest BCUT2D eigenvalue weighted by Gasteiger charge is -2.21. The standard InChI is InChI=1S/C21H33N3O4/c1-6-27-18-9-8-16(12-19(18)28-7-2)10-11-23-21(22-4)24-13-15(3)17(14-24)20(25)26-5/h8-9,12,15,17H,6-7,10-11,13-14H2,1-5H3,(H,22,23). The number of carbonyl (C=O) groups is 1. The van der Waals surface area contributed by atoms with Crippen molar-refractivity contribution >= 4 is 11.9 Å². The third-order valence-electron chi connectivity index (χ3n) is 4.93. The quantitative estimate of drug-likeness (QED) is 0.417. The van der Waals surface area contributed by atoms with Crippen LogP contribution in [0.3, 0.4) is 0 Å². The van der Waals surface area contributed by atoms with E-state index in [1.54, 1.807) is 7.05 Å². The Morgan fingerprint density at radius 1 is 1.21 bits per heavy atom. The van der Waals surface area contributed by atoms with Gasteiger partial charge in [-0.15, -0.1) is 0 Å². The minimum Gasteiger partial charge on any atom is -0.490 e. The maximum atomic E-state index is 11.9. The summed E-state index contributed by atoms with van der Waals surface area (Å²) in [6.45, 7) is 9.36. The third-order valence-corrected chi connectivity index (χ3v) is 4.93. The first kappa shape index (κ1) is 21.9. The molecule has 2 atom stereocenters. The van der Waals surface area contributed by atoms with Gasteiger partial charge in [-0.05, 0) is 43.9 Å². The molecular weight excluding hydrogens is 358 g/mol. The van der Waals surface area contributed by atoms with Crippen LogP contribution in [0.15, 0.2) is 23.2 Å². The highest BCUT2D eigenvalue weighted by molar-refractivity contribution is 5.82. The van der Waals surface area contributed by atoms with E-state index in [4.69, 9.17) is 14.2 Å². The zero-order chi connectivity index (χ0) is 20.5. The summed E-state index contributed by atoms with van der Waals surface area (Å²) in [6, 6.07) is 6.05. The van der Waals surface area contributed by atoms with Crippen molar-refractivity contribution in [3.63, 3.8) is 0 Å². The molecule has 1 fully saturated rings. The molecule has 1 aliphatic rings. The summed E-state index contributed by atoms with van der Waals surface area (Å²) in [6.07, 6.45) is 0.829. The van der Waals surface area contributed by atoms with Crippen molar-refractivity contribution in [2.75, 3.05) is 47.0 Å². The van der Waals surface area contributed by atoms with Gasteiger partial charge in [-0.1, -0.05) is 13.0 Å². The topological polar surface area (TPSA) is 72.4 Å². The summed E-state index contributed by atoms with van der Waals surface area (Å²) in [5.41, 5.74) is 1.16. The van der Waals surface area contributed by atoms with Gasteiger partial charge in [0, 0.05) is 26.7 Å². The number of aliphatic imine (C=N–C) groups is 1. The van der Waals surface area contributed by atoms with Crippen molar-refractivity contribution < 1.29 is 19.0 Å². The van der Waals surface area contributed by atoms with E-state index >= 15 is 0 Å². The van der Waals surface area contributed by atoms with Crippen LogP contribution in [0.4, 0.5) is 0 Å². The van der Waals surface area contributed by atoms with Crippen molar-refractivity contribution in [1.82, 2.24) is 10.2 Å². The van der Waals surface area contributed by atoms with E-state index in [-0.39, 0.29) is 17.8 Å². The summed E-state index contributed by atoms with van der Waals surface area (Å²) < 4.78 is 16.2. The lowest BCUT2D eigenvalue weighted by atomic mass is 9.99. The number of benzene rings is 1. The average molecular weight is 392 g/mol. The van der Waals surface area contributed by atoms with Gasteiger partial charge in [-0.25, -0.2) is 0 Å². The SMILES string of the molecule is CCOc1ccc(CCNC(=NC)N2CC(C)C(C(=O)OC)C2)cc1OCC. The Kier molecular flexibility index (Phi) is 8.42. The maximum Gasteiger partial charge on any atom is 0.310 e. The largest absolute Gasteiger partial charge is 0.490 e. The molecular formula is C21H33N3O4. The Balaban J connectivity index is 1.92. The number of nitrogens with one attached hydrogen (secondary N) is 1. The molecule has 7 heteroatoms. The smallest absolute Gasteiger partial charge is 0.310 e. The molecule has 0 radical (unpaired) electrons. The molecule has 1 saturated heterocycles.